The summed E-state index contributed by atoms with van der Waals surface area (Å²) in [6.07, 6.45) is 2.28. The number of nitrogens with one attached hydrogen (secondary N) is 2. The minimum Gasteiger partial charge on any atom is -0.493 e. The molecule has 1 aliphatic heterocycles. The summed E-state index contributed by atoms with van der Waals surface area (Å²) in [5.41, 5.74) is 3.08. The van der Waals surface area contributed by atoms with Gasteiger partial charge in [-0.1, -0.05) is 0 Å². The summed E-state index contributed by atoms with van der Waals surface area (Å²) in [5, 5.41) is 10.7. The Morgan fingerprint density at radius 3 is 2.74 bits per heavy atom. The molecule has 0 unspecified atom stereocenters. The normalized spacial score (nSPS) is 13.4. The third-order valence-electron chi connectivity index (χ3n) is 4.79. The molecule has 2 N–H and O–H groups in total. The van der Waals surface area contributed by atoms with Crippen molar-refractivity contribution in [2.75, 3.05) is 32.7 Å². The lowest BCUT2D eigenvalue weighted by Crippen LogP contribution is -2.32. The Morgan fingerprint density at radius 2 is 2.00 bits per heavy atom. The fraction of sp³-hybridized carbons (Fsp3) is 0.333. The third kappa shape index (κ3) is 2.80. The average molecular weight is 368 g/mol. The van der Waals surface area contributed by atoms with Gasteiger partial charge >= 0.3 is 0 Å². The summed E-state index contributed by atoms with van der Waals surface area (Å²) in [4.78, 5) is 23.1. The average Bonchev–Trinajstić information content (AvgIpc) is 3.14. The Balaban J connectivity index is 1.77. The molecule has 1 aliphatic rings. The number of ether oxygens (including phenoxy) is 2. The predicted molar refractivity (Wildman–Crippen MR) is 99.4 cm³/mol. The smallest absolute Gasteiger partial charge is 0.271 e. The number of benzene rings is 1. The highest BCUT2D eigenvalue weighted by atomic mass is 16.5. The van der Waals surface area contributed by atoms with Crippen molar-refractivity contribution in [3.8, 4) is 11.5 Å². The van der Waals surface area contributed by atoms with Crippen molar-refractivity contribution in [2.45, 2.75) is 13.0 Å². The quantitative estimate of drug-likeness (QED) is 0.715. The van der Waals surface area contributed by atoms with Crippen molar-refractivity contribution in [3.63, 3.8) is 0 Å². The molecule has 0 radical (unpaired) electrons. The van der Waals surface area contributed by atoms with E-state index < -0.39 is 0 Å². The fourth-order valence-corrected chi connectivity index (χ4v) is 3.40. The highest BCUT2D eigenvalue weighted by Gasteiger charge is 2.27. The number of methoxy groups -OCH3 is 2. The van der Waals surface area contributed by atoms with Gasteiger partial charge < -0.3 is 19.7 Å². The summed E-state index contributed by atoms with van der Waals surface area (Å²) in [6, 6.07) is 3.72. The second-order valence-electron chi connectivity index (χ2n) is 6.20. The predicted octanol–water partition coefficient (Wildman–Crippen LogP) is 1.29. The number of nitrogens with zero attached hydrogens (tertiary/aromatic N) is 4. The summed E-state index contributed by atoms with van der Waals surface area (Å²) >= 11 is 0. The van der Waals surface area contributed by atoms with Crippen molar-refractivity contribution in [1.29, 1.82) is 0 Å². The van der Waals surface area contributed by atoms with Gasteiger partial charge in [-0.05, 0) is 6.07 Å². The van der Waals surface area contributed by atoms with E-state index in [2.05, 4.69) is 30.4 Å². The van der Waals surface area contributed by atoms with Crippen LogP contribution in [0.15, 0.2) is 18.5 Å². The number of anilines is 1. The minimum absolute atomic E-state index is 0.201. The summed E-state index contributed by atoms with van der Waals surface area (Å²) in [7, 11) is 4.79. The van der Waals surface area contributed by atoms with Crippen LogP contribution < -0.4 is 19.7 Å². The Labute approximate surface area is 155 Å². The first-order valence-corrected chi connectivity index (χ1v) is 8.56. The SMILES string of the molecule is CNC(=O)c1n[nH]c2c1CN(c1ncnc3cc(OC)c(OC)cc13)CC2. The van der Waals surface area contributed by atoms with E-state index in [-0.39, 0.29) is 5.91 Å². The number of aromatic nitrogens is 4. The van der Waals surface area contributed by atoms with Gasteiger partial charge in [0.2, 0.25) is 0 Å². The molecule has 140 valence electrons. The number of amides is 1. The van der Waals surface area contributed by atoms with Crippen LogP contribution in [0, 0.1) is 0 Å². The van der Waals surface area contributed by atoms with Crippen molar-refractivity contribution >= 4 is 22.6 Å². The van der Waals surface area contributed by atoms with Gasteiger partial charge in [0.1, 0.15) is 12.1 Å². The van der Waals surface area contributed by atoms with Crippen LogP contribution in [-0.4, -0.2) is 53.9 Å². The van der Waals surface area contributed by atoms with Gasteiger partial charge in [-0.2, -0.15) is 5.10 Å². The van der Waals surface area contributed by atoms with Gasteiger partial charge in [-0.25, -0.2) is 9.97 Å². The van der Waals surface area contributed by atoms with E-state index in [0.29, 0.717) is 23.7 Å². The van der Waals surface area contributed by atoms with Gasteiger partial charge in [0.15, 0.2) is 17.2 Å². The van der Waals surface area contributed by atoms with Crippen molar-refractivity contribution in [2.24, 2.45) is 0 Å². The maximum Gasteiger partial charge on any atom is 0.271 e. The van der Waals surface area contributed by atoms with E-state index in [4.69, 9.17) is 9.47 Å². The first-order valence-electron chi connectivity index (χ1n) is 8.56. The van der Waals surface area contributed by atoms with Gasteiger partial charge in [-0.15, -0.1) is 0 Å². The number of carbonyl (C=O) groups excluding carboxylic acids is 1. The van der Waals surface area contributed by atoms with Crippen LogP contribution in [0.2, 0.25) is 0 Å². The van der Waals surface area contributed by atoms with Crippen LogP contribution in [0.3, 0.4) is 0 Å². The molecule has 9 nitrogen and oxygen atoms in total. The molecule has 0 fully saturated rings. The van der Waals surface area contributed by atoms with E-state index in [1.165, 1.54) is 6.33 Å². The highest BCUT2D eigenvalue weighted by Crippen LogP contribution is 2.36. The van der Waals surface area contributed by atoms with E-state index in [0.717, 1.165) is 40.9 Å². The largest absolute Gasteiger partial charge is 0.493 e. The molecule has 0 saturated carbocycles. The van der Waals surface area contributed by atoms with Gasteiger partial charge in [0.25, 0.3) is 5.91 Å². The fourth-order valence-electron chi connectivity index (χ4n) is 3.40. The molecule has 9 heteroatoms. The van der Waals surface area contributed by atoms with E-state index in [9.17, 15) is 4.79 Å². The van der Waals surface area contributed by atoms with Crippen LogP contribution in [0.5, 0.6) is 11.5 Å². The Kier molecular flexibility index (Phi) is 4.27. The zero-order valence-electron chi connectivity index (χ0n) is 15.4. The van der Waals surface area contributed by atoms with Crippen LogP contribution in [-0.2, 0) is 13.0 Å². The molecule has 2 aromatic heterocycles. The van der Waals surface area contributed by atoms with Crippen LogP contribution in [0.1, 0.15) is 21.7 Å². The van der Waals surface area contributed by atoms with Crippen LogP contribution in [0.25, 0.3) is 10.9 Å². The number of fused-ring (bicyclic) bond motifs is 2. The number of rotatable bonds is 4. The monoisotopic (exact) mass is 368 g/mol. The Bertz CT molecular complexity index is 1020. The maximum absolute atomic E-state index is 12.1. The molecular formula is C18H20N6O3. The van der Waals surface area contributed by atoms with Crippen molar-refractivity contribution in [3.05, 3.63) is 35.4 Å². The standard InChI is InChI=1S/C18H20N6O3/c1-19-18(25)16-11-8-24(5-4-12(11)22-23-16)17-10-6-14(26-2)15(27-3)7-13(10)20-9-21-17/h6-7,9H,4-5,8H2,1-3H3,(H,19,25)(H,22,23). The molecule has 27 heavy (non-hydrogen) atoms. The lowest BCUT2D eigenvalue weighted by Gasteiger charge is -2.29. The highest BCUT2D eigenvalue weighted by molar-refractivity contribution is 5.95. The number of hydrogen-bond acceptors (Lipinski definition) is 7. The Hall–Kier alpha value is -3.36. The molecule has 0 saturated heterocycles. The molecular weight excluding hydrogens is 348 g/mol. The minimum atomic E-state index is -0.201. The molecule has 0 spiro atoms. The number of carbonyl (C=O) groups is 1. The molecule has 3 heterocycles. The zero-order chi connectivity index (χ0) is 19.0. The zero-order valence-corrected chi connectivity index (χ0v) is 15.4. The van der Waals surface area contributed by atoms with Crippen LogP contribution in [0.4, 0.5) is 5.82 Å². The summed E-state index contributed by atoms with van der Waals surface area (Å²) in [5.74, 6) is 1.82. The topological polar surface area (TPSA) is 105 Å². The number of H-pyrrole nitrogens is 1. The Morgan fingerprint density at radius 1 is 1.22 bits per heavy atom. The molecule has 0 bridgehead atoms. The van der Waals surface area contributed by atoms with Gasteiger partial charge in [0, 0.05) is 49.3 Å². The first-order chi connectivity index (χ1) is 13.2. The molecule has 1 amide bonds. The van der Waals surface area contributed by atoms with Crippen molar-refractivity contribution < 1.29 is 14.3 Å². The van der Waals surface area contributed by atoms with E-state index in [1.807, 2.05) is 12.1 Å². The molecule has 3 aromatic rings. The van der Waals surface area contributed by atoms with E-state index in [1.54, 1.807) is 21.3 Å². The number of hydrogen-bond donors (Lipinski definition) is 2. The van der Waals surface area contributed by atoms with Gasteiger partial charge in [0.05, 0.1) is 19.7 Å². The van der Waals surface area contributed by atoms with Crippen LogP contribution >= 0.6 is 0 Å². The summed E-state index contributed by atoms with van der Waals surface area (Å²) in [6.45, 7) is 1.29. The first kappa shape index (κ1) is 17.1. The lowest BCUT2D eigenvalue weighted by molar-refractivity contribution is 0.0957. The lowest BCUT2D eigenvalue weighted by atomic mass is 10.0. The summed E-state index contributed by atoms with van der Waals surface area (Å²) < 4.78 is 10.8. The molecule has 0 aliphatic carbocycles. The second kappa shape index (κ2) is 6.75. The van der Waals surface area contributed by atoms with E-state index >= 15 is 0 Å². The molecule has 0 atom stereocenters. The van der Waals surface area contributed by atoms with Gasteiger partial charge in [-0.3, -0.25) is 9.89 Å². The second-order valence-corrected chi connectivity index (χ2v) is 6.20. The maximum atomic E-state index is 12.1. The number of aromatic amines is 1. The molecule has 1 aromatic carbocycles. The third-order valence-corrected chi connectivity index (χ3v) is 4.79. The van der Waals surface area contributed by atoms with Crippen molar-refractivity contribution in [1.82, 2.24) is 25.5 Å². The molecule has 4 rings (SSSR count).